The van der Waals surface area contributed by atoms with Crippen LogP contribution < -0.4 is 10.6 Å². The monoisotopic (exact) mass is 401 g/mol. The van der Waals surface area contributed by atoms with Gasteiger partial charge in [-0.2, -0.15) is 11.8 Å². The Hall–Kier alpha value is 0.270. The summed E-state index contributed by atoms with van der Waals surface area (Å²) in [4.78, 5) is 4.21. The van der Waals surface area contributed by atoms with Gasteiger partial charge in [0.05, 0.1) is 5.60 Å². The Morgan fingerprint density at radius 1 is 1.47 bits per heavy atom. The minimum absolute atomic E-state index is 0. The Kier molecular flexibility index (Phi) is 7.78. The maximum Gasteiger partial charge on any atom is 0.191 e. The van der Waals surface area contributed by atoms with Crippen molar-refractivity contribution in [2.75, 3.05) is 38.3 Å². The smallest absolute Gasteiger partial charge is 0.191 e. The molecular weight excluding hydrogens is 377 g/mol. The Morgan fingerprint density at radius 3 is 2.79 bits per heavy atom. The number of halogens is 1. The van der Waals surface area contributed by atoms with Crippen molar-refractivity contribution in [1.29, 1.82) is 0 Å². The van der Waals surface area contributed by atoms with E-state index in [-0.39, 0.29) is 24.0 Å². The summed E-state index contributed by atoms with van der Waals surface area (Å²) in [6.07, 6.45) is 2.89. The fourth-order valence-electron chi connectivity index (χ4n) is 2.21. The number of aliphatic imine (C=N–C) groups is 1. The van der Waals surface area contributed by atoms with Gasteiger partial charge in [-0.1, -0.05) is 0 Å². The lowest BCUT2D eigenvalue weighted by Gasteiger charge is -2.27. The summed E-state index contributed by atoms with van der Waals surface area (Å²) in [5.74, 6) is 2.64. The van der Waals surface area contributed by atoms with Crippen molar-refractivity contribution < 1.29 is 9.84 Å². The number of hydrogen-bond acceptors (Lipinski definition) is 4. The normalized spacial score (nSPS) is 28.8. The third-order valence-corrected chi connectivity index (χ3v) is 4.69. The van der Waals surface area contributed by atoms with Crippen LogP contribution in [-0.2, 0) is 4.74 Å². The maximum absolute atomic E-state index is 10.3. The van der Waals surface area contributed by atoms with Crippen molar-refractivity contribution in [2.45, 2.75) is 30.9 Å². The van der Waals surface area contributed by atoms with E-state index in [0.717, 1.165) is 49.9 Å². The summed E-state index contributed by atoms with van der Waals surface area (Å²) in [5, 5.41) is 16.9. The highest BCUT2D eigenvalue weighted by Gasteiger charge is 2.31. The predicted molar refractivity (Wildman–Crippen MR) is 90.6 cm³/mol. The summed E-state index contributed by atoms with van der Waals surface area (Å²) in [7, 11) is 1.77. The zero-order chi connectivity index (χ0) is 12.8. The van der Waals surface area contributed by atoms with Gasteiger partial charge in [0.2, 0.25) is 0 Å². The third kappa shape index (κ3) is 5.65. The standard InChI is InChI=1S/C12H23N3O2S.HI/c1-13-11(15-10-2-5-17-6-3-10)14-8-12(16)4-7-18-9-12;/h10,16H,2-9H2,1H3,(H2,13,14,15);1H. The van der Waals surface area contributed by atoms with Crippen LogP contribution in [0.4, 0.5) is 0 Å². The van der Waals surface area contributed by atoms with Crippen LogP contribution in [0.2, 0.25) is 0 Å². The number of nitrogens with zero attached hydrogens (tertiary/aromatic N) is 1. The summed E-state index contributed by atoms with van der Waals surface area (Å²) in [5.41, 5.74) is -0.571. The zero-order valence-electron chi connectivity index (χ0n) is 11.4. The highest BCUT2D eigenvalue weighted by Crippen LogP contribution is 2.26. The minimum Gasteiger partial charge on any atom is -0.387 e. The van der Waals surface area contributed by atoms with E-state index in [1.54, 1.807) is 7.05 Å². The molecule has 0 spiro atoms. The summed E-state index contributed by atoms with van der Waals surface area (Å²) in [6, 6.07) is 0.428. The van der Waals surface area contributed by atoms with Crippen LogP contribution in [0.5, 0.6) is 0 Å². The molecule has 0 aromatic rings. The van der Waals surface area contributed by atoms with E-state index in [4.69, 9.17) is 4.74 Å². The van der Waals surface area contributed by atoms with Gasteiger partial charge in [0, 0.05) is 38.6 Å². The first kappa shape index (κ1) is 17.3. The topological polar surface area (TPSA) is 65.9 Å². The SMILES string of the molecule is CN=C(NCC1(O)CCSC1)NC1CCOCC1.I. The van der Waals surface area contributed by atoms with Crippen LogP contribution in [0, 0.1) is 0 Å². The maximum atomic E-state index is 10.3. The molecule has 2 aliphatic heterocycles. The molecule has 1 atom stereocenters. The first-order chi connectivity index (χ1) is 8.72. The Morgan fingerprint density at radius 2 is 2.21 bits per heavy atom. The highest BCUT2D eigenvalue weighted by molar-refractivity contribution is 14.0. The molecule has 5 nitrogen and oxygen atoms in total. The molecule has 0 saturated carbocycles. The van der Waals surface area contributed by atoms with Crippen molar-refractivity contribution in [3.63, 3.8) is 0 Å². The first-order valence-electron chi connectivity index (χ1n) is 6.57. The van der Waals surface area contributed by atoms with Gasteiger partial charge in [-0.05, 0) is 25.0 Å². The van der Waals surface area contributed by atoms with E-state index in [0.29, 0.717) is 12.6 Å². The lowest BCUT2D eigenvalue weighted by Crippen LogP contribution is -2.50. The predicted octanol–water partition coefficient (Wildman–Crippen LogP) is 0.816. The first-order valence-corrected chi connectivity index (χ1v) is 7.72. The van der Waals surface area contributed by atoms with E-state index in [2.05, 4.69) is 15.6 Å². The molecule has 0 amide bonds. The Labute approximate surface area is 136 Å². The molecule has 0 aromatic carbocycles. The van der Waals surface area contributed by atoms with E-state index >= 15 is 0 Å². The van der Waals surface area contributed by atoms with Gasteiger partial charge in [-0.3, -0.25) is 4.99 Å². The molecule has 1 unspecified atom stereocenters. The van der Waals surface area contributed by atoms with Gasteiger partial charge < -0.3 is 20.5 Å². The van der Waals surface area contributed by atoms with E-state index in [1.165, 1.54) is 0 Å². The lowest BCUT2D eigenvalue weighted by molar-refractivity contribution is 0.0711. The molecule has 2 aliphatic rings. The van der Waals surface area contributed by atoms with Crippen LogP contribution in [0.1, 0.15) is 19.3 Å². The average molecular weight is 401 g/mol. The molecule has 2 heterocycles. The number of rotatable bonds is 3. The fraction of sp³-hybridized carbons (Fsp3) is 0.917. The fourth-order valence-corrected chi connectivity index (χ4v) is 3.51. The molecule has 2 rings (SSSR count). The number of ether oxygens (including phenoxy) is 1. The second-order valence-corrected chi connectivity index (χ2v) is 6.09. The largest absolute Gasteiger partial charge is 0.387 e. The Balaban J connectivity index is 0.00000180. The van der Waals surface area contributed by atoms with Crippen LogP contribution in [0.3, 0.4) is 0 Å². The second-order valence-electron chi connectivity index (χ2n) is 4.98. The third-order valence-electron chi connectivity index (χ3n) is 3.45. The van der Waals surface area contributed by atoms with Crippen molar-refractivity contribution in [2.24, 2.45) is 4.99 Å². The number of guanidine groups is 1. The minimum atomic E-state index is -0.571. The quantitative estimate of drug-likeness (QED) is 0.371. The molecule has 2 saturated heterocycles. The molecule has 7 heteroatoms. The number of thioether (sulfide) groups is 1. The van der Waals surface area contributed by atoms with Gasteiger partial charge in [-0.25, -0.2) is 0 Å². The molecule has 0 aliphatic carbocycles. The molecule has 112 valence electrons. The molecule has 0 radical (unpaired) electrons. The Bertz CT molecular complexity index is 293. The van der Waals surface area contributed by atoms with Crippen molar-refractivity contribution in [3.8, 4) is 0 Å². The second kappa shape index (κ2) is 8.53. The van der Waals surface area contributed by atoms with Crippen molar-refractivity contribution in [3.05, 3.63) is 0 Å². The zero-order valence-corrected chi connectivity index (χ0v) is 14.5. The number of aliphatic hydroxyl groups is 1. The van der Waals surface area contributed by atoms with Gasteiger partial charge in [-0.15, -0.1) is 24.0 Å². The van der Waals surface area contributed by atoms with E-state index in [9.17, 15) is 5.11 Å². The molecule has 2 fully saturated rings. The van der Waals surface area contributed by atoms with Gasteiger partial charge in [0.15, 0.2) is 5.96 Å². The van der Waals surface area contributed by atoms with Crippen molar-refractivity contribution in [1.82, 2.24) is 10.6 Å². The van der Waals surface area contributed by atoms with E-state index < -0.39 is 5.60 Å². The molecule has 0 aromatic heterocycles. The van der Waals surface area contributed by atoms with Crippen LogP contribution >= 0.6 is 35.7 Å². The van der Waals surface area contributed by atoms with Gasteiger partial charge in [0.1, 0.15) is 0 Å². The van der Waals surface area contributed by atoms with Gasteiger partial charge >= 0.3 is 0 Å². The highest BCUT2D eigenvalue weighted by atomic mass is 127. The molecule has 0 bridgehead atoms. The summed E-state index contributed by atoms with van der Waals surface area (Å²) < 4.78 is 5.33. The number of hydrogen-bond donors (Lipinski definition) is 3. The average Bonchev–Trinajstić information content (AvgIpc) is 2.83. The molecule has 3 N–H and O–H groups in total. The molecular formula is C12H24IN3O2S. The van der Waals surface area contributed by atoms with Crippen LogP contribution in [0.25, 0.3) is 0 Å². The van der Waals surface area contributed by atoms with Gasteiger partial charge in [0.25, 0.3) is 0 Å². The van der Waals surface area contributed by atoms with Crippen molar-refractivity contribution >= 4 is 41.7 Å². The van der Waals surface area contributed by atoms with E-state index in [1.807, 2.05) is 11.8 Å². The summed E-state index contributed by atoms with van der Waals surface area (Å²) >= 11 is 1.81. The van der Waals surface area contributed by atoms with Crippen LogP contribution in [0.15, 0.2) is 4.99 Å². The lowest BCUT2D eigenvalue weighted by atomic mass is 10.0. The molecule has 19 heavy (non-hydrogen) atoms. The number of nitrogens with one attached hydrogen (secondary N) is 2. The summed E-state index contributed by atoms with van der Waals surface area (Å²) in [6.45, 7) is 2.20. The van der Waals surface area contributed by atoms with Crippen LogP contribution in [-0.4, -0.2) is 61.0 Å².